The van der Waals surface area contributed by atoms with Gasteiger partial charge in [0.05, 0.1) is 16.0 Å². The van der Waals surface area contributed by atoms with Crippen LogP contribution in [0.4, 0.5) is 4.79 Å². The Kier molecular flexibility index (Phi) is 10.6. The molecule has 0 spiro atoms. The Labute approximate surface area is 310 Å². The quantitative estimate of drug-likeness (QED) is 0.207. The van der Waals surface area contributed by atoms with E-state index in [1.54, 1.807) is 25.7 Å². The molecule has 6 aliphatic rings. The van der Waals surface area contributed by atoms with Crippen LogP contribution in [0.15, 0.2) is 0 Å². The third-order valence-electron chi connectivity index (χ3n) is 13.8. The molecule has 12 nitrogen and oxygen atoms in total. The summed E-state index contributed by atoms with van der Waals surface area (Å²) in [5.41, 5.74) is -2.38. The standard InChI is InChI=1S/C39H63N5O7S/c1-7-26-20-39(26,31(45)33(47)40-21-24-16-17-24)42-32(46)30-28-27(37(28,5)6)22-44(30)34(48)29(25-14-10-8-11-15-25)41-35(49)43-38(18-12-9-13-19-38)23-52(50,51)36(2,3)4/h24-30H,7-23H2,1-6H3,(H,40,47)(H,42,46)(H2,41,43,49)/t26-,27?,28?,29+,30-,39?/m0/s1. The van der Waals surface area contributed by atoms with Crippen molar-refractivity contribution in [1.82, 2.24) is 26.2 Å². The molecule has 0 aromatic heterocycles. The van der Waals surface area contributed by atoms with Crippen LogP contribution in [-0.4, -0.2) is 89.6 Å². The molecule has 5 saturated carbocycles. The van der Waals surface area contributed by atoms with E-state index in [1.165, 1.54) is 0 Å². The number of nitrogens with zero attached hydrogens (tertiary/aromatic N) is 1. The van der Waals surface area contributed by atoms with E-state index in [9.17, 15) is 32.4 Å². The van der Waals surface area contributed by atoms with Crippen molar-refractivity contribution >= 4 is 39.4 Å². The van der Waals surface area contributed by atoms with Gasteiger partial charge in [-0.1, -0.05) is 65.7 Å². The molecule has 1 aliphatic heterocycles. The van der Waals surface area contributed by atoms with E-state index >= 15 is 0 Å². The van der Waals surface area contributed by atoms with Gasteiger partial charge in [0.2, 0.25) is 17.6 Å². The van der Waals surface area contributed by atoms with Crippen molar-refractivity contribution in [3.8, 4) is 0 Å². The fourth-order valence-electron chi connectivity index (χ4n) is 9.82. The number of hydrogen-bond acceptors (Lipinski definition) is 7. The highest BCUT2D eigenvalue weighted by molar-refractivity contribution is 7.92. The van der Waals surface area contributed by atoms with E-state index in [0.717, 1.165) is 64.2 Å². The number of sulfone groups is 1. The maximum Gasteiger partial charge on any atom is 0.315 e. The Morgan fingerprint density at radius 1 is 0.885 bits per heavy atom. The molecule has 292 valence electrons. The van der Waals surface area contributed by atoms with E-state index in [1.807, 2.05) is 6.92 Å². The van der Waals surface area contributed by atoms with Crippen LogP contribution in [0, 0.1) is 35.0 Å². The first-order valence-electron chi connectivity index (χ1n) is 20.1. The highest BCUT2D eigenvalue weighted by atomic mass is 32.2. The Balaban J connectivity index is 1.22. The number of urea groups is 1. The van der Waals surface area contributed by atoms with Gasteiger partial charge in [0.15, 0.2) is 9.84 Å². The third kappa shape index (κ3) is 7.63. The molecule has 0 radical (unpaired) electrons. The van der Waals surface area contributed by atoms with Gasteiger partial charge in [0.1, 0.15) is 17.6 Å². The second-order valence-corrected chi connectivity index (χ2v) is 21.6. The fraction of sp³-hybridized carbons (Fsp3) is 0.872. The summed E-state index contributed by atoms with van der Waals surface area (Å²) >= 11 is 0. The van der Waals surface area contributed by atoms with E-state index in [2.05, 4.69) is 35.1 Å². The Hall–Kier alpha value is -2.70. The molecule has 1 heterocycles. The van der Waals surface area contributed by atoms with Crippen molar-refractivity contribution in [1.29, 1.82) is 0 Å². The average molecular weight is 746 g/mol. The monoisotopic (exact) mass is 745 g/mol. The highest BCUT2D eigenvalue weighted by Gasteiger charge is 2.71. The lowest BCUT2D eigenvalue weighted by Crippen LogP contribution is -2.63. The average Bonchev–Trinajstić information content (AvgIpc) is 4.04. The number of hydrogen-bond donors (Lipinski definition) is 4. The summed E-state index contributed by atoms with van der Waals surface area (Å²) in [7, 11) is -3.55. The molecule has 52 heavy (non-hydrogen) atoms. The molecular formula is C39H63N5O7S. The smallest absolute Gasteiger partial charge is 0.315 e. The van der Waals surface area contributed by atoms with Crippen LogP contribution in [0.5, 0.6) is 0 Å². The topological polar surface area (TPSA) is 171 Å². The largest absolute Gasteiger partial charge is 0.349 e. The number of amides is 5. The number of Topliss-reactive ketones (excluding diaryl/α,β-unsaturated/α-hetero) is 1. The van der Waals surface area contributed by atoms with Gasteiger partial charge < -0.3 is 26.2 Å². The number of rotatable bonds is 13. The van der Waals surface area contributed by atoms with Gasteiger partial charge in [-0.15, -0.1) is 0 Å². The van der Waals surface area contributed by atoms with Crippen molar-refractivity contribution in [2.24, 2.45) is 35.0 Å². The molecule has 5 aliphatic carbocycles. The predicted molar refractivity (Wildman–Crippen MR) is 198 cm³/mol. The summed E-state index contributed by atoms with van der Waals surface area (Å²) in [6.07, 6.45) is 11.2. The first kappa shape index (κ1) is 39.0. The first-order chi connectivity index (χ1) is 24.4. The van der Waals surface area contributed by atoms with Crippen molar-refractivity contribution in [3.05, 3.63) is 0 Å². The predicted octanol–water partition coefficient (Wildman–Crippen LogP) is 4.01. The minimum atomic E-state index is -3.55. The van der Waals surface area contributed by atoms with Gasteiger partial charge in [-0.2, -0.15) is 0 Å². The number of carbonyl (C=O) groups is 5. The maximum atomic E-state index is 14.8. The third-order valence-corrected chi connectivity index (χ3v) is 16.6. The van der Waals surface area contributed by atoms with Gasteiger partial charge in [-0.05, 0) is 101 Å². The van der Waals surface area contributed by atoms with Crippen LogP contribution in [0.25, 0.3) is 0 Å². The molecular weight excluding hydrogens is 683 g/mol. The normalized spacial score (nSPS) is 31.5. The summed E-state index contributed by atoms with van der Waals surface area (Å²) in [5, 5.41) is 11.9. The Morgan fingerprint density at radius 2 is 1.52 bits per heavy atom. The second-order valence-electron chi connectivity index (χ2n) is 18.8. The first-order valence-corrected chi connectivity index (χ1v) is 21.8. The van der Waals surface area contributed by atoms with Gasteiger partial charge in [-0.25, -0.2) is 13.2 Å². The molecule has 1 saturated heterocycles. The summed E-state index contributed by atoms with van der Waals surface area (Å²) < 4.78 is 25.9. The molecule has 0 aromatic rings. The van der Waals surface area contributed by atoms with Crippen molar-refractivity contribution < 1.29 is 32.4 Å². The molecule has 0 aromatic carbocycles. The zero-order valence-corrected chi connectivity index (χ0v) is 33.1. The number of likely N-dealkylation sites (tertiary alicyclic amines) is 1. The number of piperidine rings is 1. The van der Waals surface area contributed by atoms with Crippen LogP contribution >= 0.6 is 0 Å². The summed E-state index contributed by atoms with van der Waals surface area (Å²) in [6.45, 7) is 12.0. The van der Waals surface area contributed by atoms with Crippen LogP contribution in [0.1, 0.15) is 131 Å². The van der Waals surface area contributed by atoms with Crippen molar-refractivity contribution in [2.75, 3.05) is 18.8 Å². The maximum absolute atomic E-state index is 14.8. The van der Waals surface area contributed by atoms with E-state index in [0.29, 0.717) is 44.7 Å². The van der Waals surface area contributed by atoms with Crippen LogP contribution in [0.2, 0.25) is 0 Å². The number of ketones is 1. The SMILES string of the molecule is CC[C@H]1CC1(NC(=O)[C@@H]1C2C(CN1C(=O)[C@H](NC(=O)NC1(CS(=O)(=O)C(C)(C)C)CCCCC1)C1CCCCC1)C2(C)C)C(=O)C(=O)NCC1CC1. The van der Waals surface area contributed by atoms with Crippen LogP contribution in [0.3, 0.4) is 0 Å². The minimum absolute atomic E-state index is 0.0933. The zero-order valence-electron chi connectivity index (χ0n) is 32.3. The molecule has 6 rings (SSSR count). The second kappa shape index (κ2) is 14.2. The number of carbonyl (C=O) groups excluding carboxylic acids is 5. The molecule has 6 atom stereocenters. The van der Waals surface area contributed by atoms with Crippen LogP contribution < -0.4 is 21.3 Å². The van der Waals surface area contributed by atoms with E-state index in [4.69, 9.17) is 0 Å². The van der Waals surface area contributed by atoms with Crippen molar-refractivity contribution in [3.63, 3.8) is 0 Å². The Bertz CT molecular complexity index is 1540. The lowest BCUT2D eigenvalue weighted by Gasteiger charge is -2.41. The zero-order chi connectivity index (χ0) is 37.9. The summed E-state index contributed by atoms with van der Waals surface area (Å²) in [4.78, 5) is 71.3. The summed E-state index contributed by atoms with van der Waals surface area (Å²) in [5.74, 6) is -2.05. The van der Waals surface area contributed by atoms with Crippen molar-refractivity contribution in [2.45, 2.75) is 159 Å². The summed E-state index contributed by atoms with van der Waals surface area (Å²) in [6, 6.07) is -2.27. The van der Waals surface area contributed by atoms with E-state index in [-0.39, 0.29) is 40.7 Å². The number of nitrogens with one attached hydrogen (secondary N) is 4. The highest BCUT2D eigenvalue weighted by Crippen LogP contribution is 2.65. The molecule has 0 bridgehead atoms. The molecule has 3 unspecified atom stereocenters. The minimum Gasteiger partial charge on any atom is -0.349 e. The molecule has 5 amide bonds. The van der Waals surface area contributed by atoms with Gasteiger partial charge in [0, 0.05) is 13.1 Å². The lowest BCUT2D eigenvalue weighted by molar-refractivity contribution is -0.145. The lowest BCUT2D eigenvalue weighted by atomic mass is 9.82. The number of fused-ring (bicyclic) bond motifs is 1. The van der Waals surface area contributed by atoms with Gasteiger partial charge in [-0.3, -0.25) is 19.2 Å². The molecule has 4 N–H and O–H groups in total. The van der Waals surface area contributed by atoms with Gasteiger partial charge >= 0.3 is 6.03 Å². The van der Waals surface area contributed by atoms with Crippen LogP contribution in [-0.2, 0) is 29.0 Å². The van der Waals surface area contributed by atoms with Gasteiger partial charge in [0.25, 0.3) is 5.91 Å². The Morgan fingerprint density at radius 3 is 2.10 bits per heavy atom. The fourth-order valence-corrected chi connectivity index (χ4v) is 11.3. The van der Waals surface area contributed by atoms with E-state index < -0.39 is 61.4 Å². The molecule has 13 heteroatoms. The molecule has 6 fully saturated rings.